The number of ether oxygens (including phenoxy) is 1. The zero-order chi connectivity index (χ0) is 22.5. The normalized spacial score (nSPS) is 22.1. The summed E-state index contributed by atoms with van der Waals surface area (Å²) < 4.78 is 6.83. The lowest BCUT2D eigenvalue weighted by Crippen LogP contribution is -2.47. The van der Waals surface area contributed by atoms with Crippen LogP contribution in [-0.2, 0) is 20.9 Å². The van der Waals surface area contributed by atoms with Crippen molar-refractivity contribution in [1.82, 2.24) is 14.9 Å². The minimum Gasteiger partial charge on any atom is -0.453 e. The predicted octanol–water partition coefficient (Wildman–Crippen LogP) is 3.36. The van der Waals surface area contributed by atoms with Gasteiger partial charge in [-0.2, -0.15) is 0 Å². The number of aromatic nitrogens is 2. The van der Waals surface area contributed by atoms with Crippen LogP contribution in [0.25, 0.3) is 10.9 Å². The fraction of sp³-hybridized carbons (Fsp3) is 0.583. The highest BCUT2D eigenvalue weighted by Gasteiger charge is 2.30. The number of amides is 1. The number of carbonyl (C=O) groups is 2. The minimum atomic E-state index is -0.829. The first-order chi connectivity index (χ1) is 14.8. The Morgan fingerprint density at radius 3 is 2.84 bits per heavy atom. The summed E-state index contributed by atoms with van der Waals surface area (Å²) in [5, 5.41) is 3.62. The van der Waals surface area contributed by atoms with Crippen LogP contribution in [0.2, 0.25) is 0 Å². The molecule has 31 heavy (non-hydrogen) atoms. The van der Waals surface area contributed by atoms with Crippen LogP contribution in [0.1, 0.15) is 58.4 Å². The molecule has 2 aromatic rings. The molecule has 1 heterocycles. The summed E-state index contributed by atoms with van der Waals surface area (Å²) in [4.78, 5) is 41.6. The smallest absolute Gasteiger partial charge is 0.306 e. The van der Waals surface area contributed by atoms with Gasteiger partial charge in [-0.25, -0.2) is 4.98 Å². The zero-order valence-electron chi connectivity index (χ0n) is 18.9. The Morgan fingerprint density at radius 1 is 1.29 bits per heavy atom. The highest BCUT2D eigenvalue weighted by Crippen LogP contribution is 2.29. The van der Waals surface area contributed by atoms with E-state index in [1.807, 2.05) is 19.1 Å². The second kappa shape index (κ2) is 10.1. The van der Waals surface area contributed by atoms with Crippen molar-refractivity contribution in [2.45, 2.75) is 78.5 Å². The maximum Gasteiger partial charge on any atom is 0.306 e. The molecule has 1 N–H and O–H groups in total. The van der Waals surface area contributed by atoms with E-state index in [9.17, 15) is 14.4 Å². The van der Waals surface area contributed by atoms with E-state index in [1.165, 1.54) is 17.3 Å². The van der Waals surface area contributed by atoms with E-state index in [-0.39, 0.29) is 23.9 Å². The number of nitrogens with one attached hydrogen (secondary N) is 1. The highest BCUT2D eigenvalue weighted by molar-refractivity contribution is 5.83. The Balaban J connectivity index is 1.48. The van der Waals surface area contributed by atoms with Crippen LogP contribution < -0.4 is 10.9 Å². The number of hydrogen-bond acceptors (Lipinski definition) is 5. The number of benzene rings is 1. The molecule has 0 spiro atoms. The van der Waals surface area contributed by atoms with E-state index in [1.54, 1.807) is 13.0 Å². The third kappa shape index (κ3) is 5.51. The topological polar surface area (TPSA) is 90.3 Å². The second-order valence-electron chi connectivity index (χ2n) is 8.83. The fourth-order valence-corrected chi connectivity index (χ4v) is 4.29. The van der Waals surface area contributed by atoms with Gasteiger partial charge in [-0.15, -0.1) is 0 Å². The molecule has 0 saturated heterocycles. The molecule has 0 bridgehead atoms. The minimum absolute atomic E-state index is 0.120. The van der Waals surface area contributed by atoms with Gasteiger partial charge < -0.3 is 10.1 Å². The van der Waals surface area contributed by atoms with Gasteiger partial charge in [0, 0.05) is 19.0 Å². The molecule has 1 aromatic carbocycles. The fourth-order valence-electron chi connectivity index (χ4n) is 4.29. The van der Waals surface area contributed by atoms with Crippen LogP contribution in [-0.4, -0.2) is 33.6 Å². The number of esters is 1. The van der Waals surface area contributed by atoms with Crippen LogP contribution in [0.15, 0.2) is 29.3 Å². The van der Waals surface area contributed by atoms with Crippen LogP contribution in [0.5, 0.6) is 0 Å². The Labute approximate surface area is 183 Å². The number of aryl methyl sites for hydroxylation is 2. The second-order valence-corrected chi connectivity index (χ2v) is 8.83. The summed E-state index contributed by atoms with van der Waals surface area (Å²) in [5.74, 6) is 0.307. The SMILES string of the molecule is Cc1cccc2c(=O)n(CCCC(=O)O[C@H](C)C(=O)N[C@@H]3CCC[C@@H](C)[C@@H]3C)cnc12. The molecule has 0 radical (unpaired) electrons. The van der Waals surface area contributed by atoms with Gasteiger partial charge in [0.05, 0.1) is 17.2 Å². The van der Waals surface area contributed by atoms with Gasteiger partial charge in [-0.1, -0.05) is 38.8 Å². The summed E-state index contributed by atoms with van der Waals surface area (Å²) in [6.07, 6.45) is 4.51. The average Bonchev–Trinajstić information content (AvgIpc) is 2.73. The molecule has 168 valence electrons. The number of rotatable bonds is 7. The number of fused-ring (bicyclic) bond motifs is 1. The number of nitrogens with zero attached hydrogens (tertiary/aromatic N) is 2. The summed E-state index contributed by atoms with van der Waals surface area (Å²) in [6.45, 7) is 8.26. The maximum atomic E-state index is 12.6. The molecule has 4 atom stereocenters. The van der Waals surface area contributed by atoms with Crippen molar-refractivity contribution >= 4 is 22.8 Å². The van der Waals surface area contributed by atoms with Crippen molar-refractivity contribution in [2.75, 3.05) is 0 Å². The van der Waals surface area contributed by atoms with Crippen molar-refractivity contribution in [2.24, 2.45) is 11.8 Å². The number of carbonyl (C=O) groups excluding carboxylic acids is 2. The van der Waals surface area contributed by atoms with Crippen molar-refractivity contribution in [1.29, 1.82) is 0 Å². The average molecular weight is 428 g/mol. The molecule has 0 unspecified atom stereocenters. The Morgan fingerprint density at radius 2 is 2.06 bits per heavy atom. The molecule has 7 heteroatoms. The highest BCUT2D eigenvalue weighted by atomic mass is 16.5. The Kier molecular flexibility index (Phi) is 7.46. The Bertz CT molecular complexity index is 1000. The third-order valence-corrected chi connectivity index (χ3v) is 6.55. The van der Waals surface area contributed by atoms with Gasteiger partial charge >= 0.3 is 5.97 Å². The number of hydrogen-bond donors (Lipinski definition) is 1. The molecule has 3 rings (SSSR count). The van der Waals surface area contributed by atoms with Gasteiger partial charge in [0.15, 0.2) is 6.10 Å². The largest absolute Gasteiger partial charge is 0.453 e. The van der Waals surface area contributed by atoms with E-state index < -0.39 is 12.1 Å². The van der Waals surface area contributed by atoms with E-state index >= 15 is 0 Å². The summed E-state index contributed by atoms with van der Waals surface area (Å²) in [6, 6.07) is 5.65. The van der Waals surface area contributed by atoms with Crippen molar-refractivity contribution < 1.29 is 14.3 Å². The first kappa shape index (κ1) is 23.0. The molecule has 1 amide bonds. The molecule has 1 aliphatic carbocycles. The van der Waals surface area contributed by atoms with Gasteiger partial charge in [0.25, 0.3) is 11.5 Å². The monoisotopic (exact) mass is 427 g/mol. The van der Waals surface area contributed by atoms with Crippen LogP contribution >= 0.6 is 0 Å². The van der Waals surface area contributed by atoms with E-state index in [0.717, 1.165) is 18.4 Å². The standard InChI is InChI=1S/C24H33N3O4/c1-15-8-6-11-20(17(15)3)26-23(29)18(4)31-21(28)12-7-13-27-14-25-22-16(2)9-5-10-19(22)24(27)30/h5,9-10,14-15,17-18,20H,6-8,11-13H2,1-4H3,(H,26,29)/t15-,17+,18-,20-/m1/s1. The van der Waals surface area contributed by atoms with Crippen molar-refractivity contribution in [3.8, 4) is 0 Å². The Hall–Kier alpha value is -2.70. The zero-order valence-corrected chi connectivity index (χ0v) is 18.9. The van der Waals surface area contributed by atoms with Gasteiger partial charge in [-0.05, 0) is 50.2 Å². The first-order valence-electron chi connectivity index (χ1n) is 11.2. The lowest BCUT2D eigenvalue weighted by Gasteiger charge is -2.35. The van der Waals surface area contributed by atoms with Crippen LogP contribution in [0, 0.1) is 18.8 Å². The molecule has 1 aliphatic rings. The summed E-state index contributed by atoms with van der Waals surface area (Å²) in [7, 11) is 0. The van der Waals surface area contributed by atoms with Gasteiger partial charge in [0.2, 0.25) is 0 Å². The lowest BCUT2D eigenvalue weighted by molar-refractivity contribution is -0.155. The predicted molar refractivity (Wildman–Crippen MR) is 120 cm³/mol. The van der Waals surface area contributed by atoms with E-state index in [4.69, 9.17) is 4.74 Å². The third-order valence-electron chi connectivity index (χ3n) is 6.55. The van der Waals surface area contributed by atoms with Gasteiger partial charge in [0.1, 0.15) is 0 Å². The van der Waals surface area contributed by atoms with E-state index in [0.29, 0.717) is 35.7 Å². The first-order valence-corrected chi connectivity index (χ1v) is 11.2. The van der Waals surface area contributed by atoms with Crippen molar-refractivity contribution in [3.63, 3.8) is 0 Å². The molecule has 1 saturated carbocycles. The van der Waals surface area contributed by atoms with Gasteiger partial charge in [-0.3, -0.25) is 19.0 Å². The van der Waals surface area contributed by atoms with Crippen LogP contribution in [0.4, 0.5) is 0 Å². The summed E-state index contributed by atoms with van der Waals surface area (Å²) in [5.41, 5.74) is 1.53. The molecule has 7 nitrogen and oxygen atoms in total. The molecule has 0 aliphatic heterocycles. The quantitative estimate of drug-likeness (QED) is 0.685. The molecule has 1 fully saturated rings. The van der Waals surface area contributed by atoms with Crippen LogP contribution in [0.3, 0.4) is 0 Å². The molecule has 1 aromatic heterocycles. The van der Waals surface area contributed by atoms with E-state index in [2.05, 4.69) is 24.1 Å². The molecular formula is C24H33N3O4. The van der Waals surface area contributed by atoms with Crippen molar-refractivity contribution in [3.05, 3.63) is 40.4 Å². The molecular weight excluding hydrogens is 394 g/mol. The lowest BCUT2D eigenvalue weighted by atomic mass is 9.78. The summed E-state index contributed by atoms with van der Waals surface area (Å²) >= 11 is 0. The maximum absolute atomic E-state index is 12.6. The number of para-hydroxylation sites is 1.